The van der Waals surface area contributed by atoms with Crippen LogP contribution >= 0.6 is 12.6 Å². The Morgan fingerprint density at radius 3 is 2.14 bits per heavy atom. The molecule has 5 heteroatoms. The summed E-state index contributed by atoms with van der Waals surface area (Å²) in [6, 6.07) is 18.6. The Labute approximate surface area is 135 Å². The quantitative estimate of drug-likeness (QED) is 0.622. The molecular weight excluding hydrogens is 304 g/mol. The van der Waals surface area contributed by atoms with E-state index in [-0.39, 0.29) is 17.9 Å². The van der Waals surface area contributed by atoms with Crippen LogP contribution in [0.15, 0.2) is 59.6 Å². The van der Waals surface area contributed by atoms with Gasteiger partial charge in [-0.1, -0.05) is 60.7 Å². The molecule has 0 aliphatic heterocycles. The van der Waals surface area contributed by atoms with Crippen LogP contribution in [-0.4, -0.2) is 10.5 Å². The van der Waals surface area contributed by atoms with Crippen LogP contribution in [0, 0.1) is 6.92 Å². The van der Waals surface area contributed by atoms with E-state index in [1.54, 1.807) is 0 Å². The molecule has 0 saturated carbocycles. The Balaban J connectivity index is 0.00000110. The van der Waals surface area contributed by atoms with Crippen molar-refractivity contribution < 1.29 is 22.9 Å². The van der Waals surface area contributed by atoms with Crippen molar-refractivity contribution in [1.29, 1.82) is 0 Å². The molecule has 4 N–H and O–H groups in total. The molecule has 21 heavy (non-hydrogen) atoms. The van der Waals surface area contributed by atoms with Crippen molar-refractivity contribution in [1.82, 2.24) is 4.98 Å². The summed E-state index contributed by atoms with van der Waals surface area (Å²) in [4.78, 5) is 6.69. The average Bonchev–Trinajstić information content (AvgIpc) is 2.83. The molecule has 1 heterocycles. The third-order valence-electron chi connectivity index (χ3n) is 3.13. The lowest BCUT2D eigenvalue weighted by Crippen LogP contribution is -3.00. The van der Waals surface area contributed by atoms with Gasteiger partial charge in [-0.25, -0.2) is 9.97 Å². The van der Waals surface area contributed by atoms with E-state index >= 15 is 0 Å². The first-order valence-corrected chi connectivity index (χ1v) is 6.65. The Morgan fingerprint density at radius 2 is 1.52 bits per heavy atom. The molecule has 110 valence electrons. The predicted octanol–water partition coefficient (Wildman–Crippen LogP) is -0.0608. The normalized spacial score (nSPS) is 9.62. The Hall–Kier alpha value is -1.75. The van der Waals surface area contributed by atoms with Gasteiger partial charge in [0.15, 0.2) is 5.69 Å². The molecule has 3 rings (SSSR count). The summed E-state index contributed by atoms with van der Waals surface area (Å²) in [6.45, 7) is 2.08. The fourth-order valence-electron chi connectivity index (χ4n) is 2.07. The van der Waals surface area contributed by atoms with Crippen LogP contribution in [0.25, 0.3) is 22.6 Å². The maximum absolute atomic E-state index is 4.51. The predicted molar refractivity (Wildman–Crippen MR) is 83.8 cm³/mol. The van der Waals surface area contributed by atoms with Crippen molar-refractivity contribution in [3.63, 3.8) is 0 Å². The first-order chi connectivity index (χ1) is 9.24. The number of nitrogens with one attached hydrogen (secondary N) is 2. The highest BCUT2D eigenvalue weighted by Gasteiger charge is 2.17. The lowest BCUT2D eigenvalue weighted by molar-refractivity contribution is -0.409. The first-order valence-electron chi connectivity index (χ1n) is 6.21. The van der Waals surface area contributed by atoms with Gasteiger partial charge in [0, 0.05) is 5.56 Å². The first kappa shape index (κ1) is 17.3. The van der Waals surface area contributed by atoms with E-state index < -0.39 is 0 Å². The maximum Gasteiger partial charge on any atom is 0.285 e. The highest BCUT2D eigenvalue weighted by atomic mass is 35.5. The molecule has 0 radical (unpaired) electrons. The van der Waals surface area contributed by atoms with Gasteiger partial charge in [0.2, 0.25) is 5.03 Å². The third kappa shape index (κ3) is 3.67. The highest BCUT2D eigenvalue weighted by Crippen LogP contribution is 2.25. The number of aromatic nitrogens is 2. The molecule has 2 aromatic carbocycles. The van der Waals surface area contributed by atoms with Crippen LogP contribution in [0.3, 0.4) is 0 Å². The number of aryl methyl sites for hydroxylation is 1. The zero-order chi connectivity index (χ0) is 13.2. The van der Waals surface area contributed by atoms with Crippen molar-refractivity contribution in [2.24, 2.45) is 0 Å². The van der Waals surface area contributed by atoms with Crippen LogP contribution in [0.1, 0.15) is 5.56 Å². The van der Waals surface area contributed by atoms with E-state index in [1.807, 2.05) is 18.2 Å². The Bertz CT molecular complexity index is 696. The molecule has 0 aliphatic carbocycles. The minimum absolute atomic E-state index is 0. The summed E-state index contributed by atoms with van der Waals surface area (Å²) in [5, 5.41) is 0.849. The topological polar surface area (TPSA) is 61.4 Å². The van der Waals surface area contributed by atoms with Gasteiger partial charge in [0.25, 0.3) is 5.82 Å². The number of benzene rings is 2. The molecule has 0 atom stereocenters. The Kier molecular flexibility index (Phi) is 6.03. The molecular formula is C16H17ClN2OS. The van der Waals surface area contributed by atoms with Crippen molar-refractivity contribution in [3.8, 4) is 22.6 Å². The molecule has 0 amide bonds. The summed E-state index contributed by atoms with van der Waals surface area (Å²) in [6.07, 6.45) is 0. The van der Waals surface area contributed by atoms with Gasteiger partial charge in [-0.05, 0) is 19.1 Å². The van der Waals surface area contributed by atoms with Crippen LogP contribution < -0.4 is 17.4 Å². The molecule has 0 fully saturated rings. The summed E-state index contributed by atoms with van der Waals surface area (Å²) >= 11 is 4.51. The van der Waals surface area contributed by atoms with E-state index in [9.17, 15) is 0 Å². The van der Waals surface area contributed by atoms with Crippen molar-refractivity contribution in [3.05, 3.63) is 60.2 Å². The van der Waals surface area contributed by atoms with Gasteiger partial charge < -0.3 is 17.9 Å². The second kappa shape index (κ2) is 7.31. The second-order valence-electron chi connectivity index (χ2n) is 4.58. The smallest absolute Gasteiger partial charge is 0.285 e. The van der Waals surface area contributed by atoms with Crippen LogP contribution in [-0.2, 0) is 0 Å². The zero-order valence-corrected chi connectivity index (χ0v) is 13.2. The standard InChI is InChI=1S/C16H14N2S.ClH.H2O/c1-11-7-9-13(10-8-11)15-17-14(16(19)18-15)12-5-3-2-4-6-12;;/h2-10,19H,1H3,(H,17,18);1H;1H2. The van der Waals surface area contributed by atoms with Crippen LogP contribution in [0.4, 0.5) is 0 Å². The third-order valence-corrected chi connectivity index (χ3v) is 3.47. The summed E-state index contributed by atoms with van der Waals surface area (Å²) < 4.78 is 0. The van der Waals surface area contributed by atoms with E-state index in [0.717, 1.165) is 27.7 Å². The minimum atomic E-state index is 0. The highest BCUT2D eigenvalue weighted by molar-refractivity contribution is 7.80. The van der Waals surface area contributed by atoms with Crippen LogP contribution in [0.2, 0.25) is 0 Å². The summed E-state index contributed by atoms with van der Waals surface area (Å²) in [7, 11) is 0. The molecule has 0 aliphatic rings. The van der Waals surface area contributed by atoms with Gasteiger partial charge in [0.05, 0.1) is 5.56 Å². The number of H-pyrrole nitrogens is 2. The molecule has 0 bridgehead atoms. The summed E-state index contributed by atoms with van der Waals surface area (Å²) in [5.41, 5.74) is 4.52. The summed E-state index contributed by atoms with van der Waals surface area (Å²) in [5.74, 6) is 0.976. The average molecular weight is 321 g/mol. The van der Waals surface area contributed by atoms with Crippen molar-refractivity contribution in [2.45, 2.75) is 11.9 Å². The monoisotopic (exact) mass is 320 g/mol. The zero-order valence-electron chi connectivity index (χ0n) is 11.5. The second-order valence-corrected chi connectivity index (χ2v) is 5.03. The SMILES string of the molecule is Cc1ccc(-c2[nH]c(-c3ccccc3)c(S)[nH+]2)cc1.O.[Cl-]. The fourth-order valence-corrected chi connectivity index (χ4v) is 2.37. The number of aromatic amines is 2. The van der Waals surface area contributed by atoms with Gasteiger partial charge in [-0.2, -0.15) is 0 Å². The molecule has 0 saturated heterocycles. The number of rotatable bonds is 2. The largest absolute Gasteiger partial charge is 1.00 e. The molecule has 3 nitrogen and oxygen atoms in total. The number of imidazole rings is 1. The van der Waals surface area contributed by atoms with Crippen LogP contribution in [0.5, 0.6) is 0 Å². The number of hydrogen-bond acceptors (Lipinski definition) is 1. The molecule has 0 spiro atoms. The minimum Gasteiger partial charge on any atom is -1.00 e. The lowest BCUT2D eigenvalue weighted by atomic mass is 10.1. The van der Waals surface area contributed by atoms with Gasteiger partial charge in [-0.15, -0.1) is 0 Å². The number of halogens is 1. The van der Waals surface area contributed by atoms with Gasteiger partial charge >= 0.3 is 0 Å². The number of thiol groups is 1. The van der Waals surface area contributed by atoms with Gasteiger partial charge in [0.1, 0.15) is 0 Å². The molecule has 0 unspecified atom stereocenters. The van der Waals surface area contributed by atoms with E-state index in [0.29, 0.717) is 0 Å². The molecule has 3 aromatic rings. The van der Waals surface area contributed by atoms with Gasteiger partial charge in [-0.3, -0.25) is 0 Å². The molecule has 1 aromatic heterocycles. The van der Waals surface area contributed by atoms with Crippen molar-refractivity contribution >= 4 is 12.6 Å². The maximum atomic E-state index is 4.51. The van der Waals surface area contributed by atoms with E-state index in [4.69, 9.17) is 0 Å². The Morgan fingerprint density at radius 1 is 0.905 bits per heavy atom. The van der Waals surface area contributed by atoms with E-state index in [2.05, 4.69) is 65.9 Å². The lowest BCUT2D eigenvalue weighted by Gasteiger charge is -1.94. The fraction of sp³-hybridized carbons (Fsp3) is 0.0625. The van der Waals surface area contributed by atoms with Crippen molar-refractivity contribution in [2.75, 3.05) is 0 Å². The van der Waals surface area contributed by atoms with E-state index in [1.165, 1.54) is 5.56 Å². The number of hydrogen-bond donors (Lipinski definition) is 2.